The predicted molar refractivity (Wildman–Crippen MR) is 107 cm³/mol. The molecule has 0 aromatic heterocycles. The average Bonchev–Trinajstić information content (AvgIpc) is 3.53. The Morgan fingerprint density at radius 3 is 2.10 bits per heavy atom. The van der Waals surface area contributed by atoms with Crippen molar-refractivity contribution in [2.45, 2.75) is 26.3 Å². The second kappa shape index (κ2) is 6.89. The Morgan fingerprint density at radius 2 is 1.57 bits per heavy atom. The Kier molecular flexibility index (Phi) is 4.42. The molecule has 1 aromatic carbocycles. The molecule has 1 aliphatic heterocycles. The number of rotatable bonds is 6. The van der Waals surface area contributed by atoms with Crippen molar-refractivity contribution in [2.75, 3.05) is 6.61 Å². The molecule has 2 amide bonds. The third-order valence-electron chi connectivity index (χ3n) is 7.29. The first kappa shape index (κ1) is 19.2. The molecule has 4 aliphatic carbocycles. The summed E-state index contributed by atoms with van der Waals surface area (Å²) in [7, 11) is 0. The number of esters is 1. The Morgan fingerprint density at radius 1 is 1.00 bits per heavy atom. The number of imide groups is 1. The topological polar surface area (TPSA) is 80.8 Å². The molecule has 156 valence electrons. The molecule has 0 unspecified atom stereocenters. The molecular formula is C24H25NO5. The van der Waals surface area contributed by atoms with Crippen LogP contribution in [0.5, 0.6) is 0 Å². The van der Waals surface area contributed by atoms with Crippen molar-refractivity contribution in [1.82, 2.24) is 4.90 Å². The van der Waals surface area contributed by atoms with Crippen LogP contribution in [-0.4, -0.2) is 41.1 Å². The zero-order valence-corrected chi connectivity index (χ0v) is 17.1. The molecule has 2 saturated carbocycles. The number of ketones is 1. The number of amides is 2. The van der Waals surface area contributed by atoms with E-state index in [9.17, 15) is 19.2 Å². The minimum atomic E-state index is -1.00. The van der Waals surface area contributed by atoms with Crippen molar-refractivity contribution in [3.63, 3.8) is 0 Å². The van der Waals surface area contributed by atoms with Gasteiger partial charge >= 0.3 is 5.97 Å². The van der Waals surface area contributed by atoms with Gasteiger partial charge in [-0.1, -0.05) is 56.3 Å². The lowest BCUT2D eigenvalue weighted by Crippen LogP contribution is -2.49. The highest BCUT2D eigenvalue weighted by Crippen LogP contribution is 2.65. The van der Waals surface area contributed by atoms with Crippen LogP contribution in [-0.2, 0) is 19.1 Å². The van der Waals surface area contributed by atoms with E-state index in [0.717, 1.165) is 11.3 Å². The van der Waals surface area contributed by atoms with E-state index >= 15 is 0 Å². The van der Waals surface area contributed by atoms with Gasteiger partial charge in [0.25, 0.3) is 0 Å². The molecule has 2 bridgehead atoms. The number of likely N-dealkylation sites (tertiary alicyclic amines) is 1. The first-order chi connectivity index (χ1) is 14.4. The molecular weight excluding hydrogens is 382 g/mol. The van der Waals surface area contributed by atoms with Gasteiger partial charge < -0.3 is 4.74 Å². The number of carbonyl (C=O) groups excluding carboxylic acids is 4. The highest BCUT2D eigenvalue weighted by Gasteiger charge is 2.68. The van der Waals surface area contributed by atoms with Crippen LogP contribution in [0.4, 0.5) is 0 Å². The number of nitrogens with zero attached hydrogens (tertiary/aromatic N) is 1. The second-order valence-electron chi connectivity index (χ2n) is 9.29. The molecule has 1 heterocycles. The van der Waals surface area contributed by atoms with E-state index in [-0.39, 0.29) is 47.2 Å². The van der Waals surface area contributed by atoms with Crippen LogP contribution in [0.2, 0.25) is 0 Å². The quantitative estimate of drug-likeness (QED) is 0.313. The average molecular weight is 407 g/mol. The van der Waals surface area contributed by atoms with Gasteiger partial charge in [0, 0.05) is 5.56 Å². The van der Waals surface area contributed by atoms with Crippen molar-refractivity contribution >= 4 is 23.6 Å². The second-order valence-corrected chi connectivity index (χ2v) is 9.29. The van der Waals surface area contributed by atoms with E-state index in [1.54, 1.807) is 44.2 Å². The summed E-state index contributed by atoms with van der Waals surface area (Å²) in [6, 6.07) is 7.58. The van der Waals surface area contributed by atoms with E-state index < -0.39 is 18.6 Å². The molecule has 0 N–H and O–H groups in total. The van der Waals surface area contributed by atoms with Crippen molar-refractivity contribution < 1.29 is 23.9 Å². The minimum Gasteiger partial charge on any atom is -0.456 e. The lowest BCUT2D eigenvalue weighted by molar-refractivity contribution is -0.160. The van der Waals surface area contributed by atoms with Gasteiger partial charge in [0.15, 0.2) is 12.4 Å². The van der Waals surface area contributed by atoms with Crippen molar-refractivity contribution in [1.29, 1.82) is 0 Å². The van der Waals surface area contributed by atoms with Gasteiger partial charge in [-0.25, -0.2) is 4.79 Å². The molecule has 1 saturated heterocycles. The number of carbonyl (C=O) groups is 4. The van der Waals surface area contributed by atoms with Crippen LogP contribution < -0.4 is 0 Å². The predicted octanol–water partition coefficient (Wildman–Crippen LogP) is 2.49. The van der Waals surface area contributed by atoms with Crippen LogP contribution in [0.3, 0.4) is 0 Å². The van der Waals surface area contributed by atoms with Crippen LogP contribution in [0.15, 0.2) is 42.5 Å². The maximum Gasteiger partial charge on any atom is 0.330 e. The Labute approximate surface area is 175 Å². The number of allylic oxidation sites excluding steroid dienone is 2. The summed E-state index contributed by atoms with van der Waals surface area (Å²) in [6.45, 7) is 3.17. The zero-order valence-electron chi connectivity index (χ0n) is 17.1. The number of benzene rings is 1. The first-order valence-corrected chi connectivity index (χ1v) is 10.7. The molecule has 1 aromatic rings. The lowest BCUT2D eigenvalue weighted by atomic mass is 9.63. The van der Waals surface area contributed by atoms with E-state index in [1.807, 2.05) is 0 Å². The SMILES string of the molecule is CC(C)[C@H](C(=O)OCC(=O)c1ccccc1)N1C(=O)[C@@H]2[C@H]3C=C[C@@H]([C@@H]4C[C@@H]34)[C@H]2C1=O. The minimum absolute atomic E-state index is 0.106. The van der Waals surface area contributed by atoms with Gasteiger partial charge in [-0.15, -0.1) is 0 Å². The Hall–Kier alpha value is -2.76. The highest BCUT2D eigenvalue weighted by atomic mass is 16.5. The molecule has 0 radical (unpaired) electrons. The summed E-state index contributed by atoms with van der Waals surface area (Å²) in [5.41, 5.74) is 0.451. The summed E-state index contributed by atoms with van der Waals surface area (Å²) < 4.78 is 5.29. The van der Waals surface area contributed by atoms with E-state index in [4.69, 9.17) is 4.74 Å². The van der Waals surface area contributed by atoms with Crippen molar-refractivity contribution in [3.8, 4) is 0 Å². The third-order valence-corrected chi connectivity index (χ3v) is 7.29. The largest absolute Gasteiger partial charge is 0.456 e. The highest BCUT2D eigenvalue weighted by molar-refractivity contribution is 6.09. The fraction of sp³-hybridized carbons (Fsp3) is 0.500. The zero-order chi connectivity index (χ0) is 21.2. The molecule has 6 heteroatoms. The molecule has 6 rings (SSSR count). The van der Waals surface area contributed by atoms with Gasteiger partial charge in [-0.2, -0.15) is 0 Å². The number of hydrogen-bond donors (Lipinski definition) is 0. The van der Waals surface area contributed by atoms with Crippen LogP contribution in [0.25, 0.3) is 0 Å². The smallest absolute Gasteiger partial charge is 0.330 e. The fourth-order valence-electron chi connectivity index (χ4n) is 5.86. The summed E-state index contributed by atoms with van der Waals surface area (Å²) in [5.74, 6) is -1.30. The summed E-state index contributed by atoms with van der Waals surface area (Å²) >= 11 is 0. The summed E-state index contributed by atoms with van der Waals surface area (Å²) in [4.78, 5) is 53.0. The fourth-order valence-corrected chi connectivity index (χ4v) is 5.86. The maximum atomic E-state index is 13.3. The van der Waals surface area contributed by atoms with Gasteiger partial charge in [0.05, 0.1) is 11.8 Å². The summed E-state index contributed by atoms with van der Waals surface area (Å²) in [5, 5.41) is 0. The molecule has 6 nitrogen and oxygen atoms in total. The van der Waals surface area contributed by atoms with E-state index in [2.05, 4.69) is 12.2 Å². The number of hydrogen-bond acceptors (Lipinski definition) is 5. The van der Waals surface area contributed by atoms with Crippen LogP contribution >= 0.6 is 0 Å². The first-order valence-electron chi connectivity index (χ1n) is 10.7. The molecule has 7 atom stereocenters. The molecule has 3 fully saturated rings. The number of Topliss-reactive ketones (excluding diaryl/α,β-unsaturated/α-hetero) is 1. The van der Waals surface area contributed by atoms with Crippen molar-refractivity contribution in [2.24, 2.45) is 41.4 Å². The van der Waals surface area contributed by atoms with Gasteiger partial charge in [-0.05, 0) is 36.0 Å². The normalized spacial score (nSPS) is 34.0. The van der Waals surface area contributed by atoms with Gasteiger partial charge in [-0.3, -0.25) is 19.3 Å². The molecule has 30 heavy (non-hydrogen) atoms. The third kappa shape index (κ3) is 2.76. The van der Waals surface area contributed by atoms with Crippen molar-refractivity contribution in [3.05, 3.63) is 48.0 Å². The van der Waals surface area contributed by atoms with E-state index in [1.165, 1.54) is 0 Å². The van der Waals surface area contributed by atoms with Gasteiger partial charge in [0.1, 0.15) is 6.04 Å². The van der Waals surface area contributed by atoms with Crippen LogP contribution in [0, 0.1) is 41.4 Å². The van der Waals surface area contributed by atoms with Gasteiger partial charge in [0.2, 0.25) is 11.8 Å². The standard InChI is InChI=1S/C24H25NO5/c1-12(2)21(24(29)30-11-18(26)13-6-4-3-5-7-13)25-22(27)19-14-8-9-15(17-10-16(14)17)20(19)23(25)28/h3-9,12,14-17,19-21H,10-11H2,1-2H3/t14-,15-,16-,17-,19+,20+,21+/m0/s1. The molecule has 0 spiro atoms. The Balaban J connectivity index is 1.34. The van der Waals surface area contributed by atoms with Crippen LogP contribution in [0.1, 0.15) is 30.6 Å². The maximum absolute atomic E-state index is 13.3. The lowest BCUT2D eigenvalue weighted by Gasteiger charge is -2.37. The summed E-state index contributed by atoms with van der Waals surface area (Å²) in [6.07, 6.45) is 5.30. The number of ether oxygens (including phenoxy) is 1. The Bertz CT molecular complexity index is 916. The van der Waals surface area contributed by atoms with E-state index in [0.29, 0.717) is 17.4 Å². The monoisotopic (exact) mass is 407 g/mol. The molecule has 5 aliphatic rings.